The molecule has 0 aromatic heterocycles. The van der Waals surface area contributed by atoms with Gasteiger partial charge in [-0.1, -0.05) is 12.1 Å². The number of likely N-dealkylation sites (N-methyl/N-ethyl adjacent to an activating group) is 1. The van der Waals surface area contributed by atoms with Crippen molar-refractivity contribution in [2.24, 2.45) is 0 Å². The van der Waals surface area contributed by atoms with Crippen molar-refractivity contribution in [2.45, 2.75) is 24.2 Å². The van der Waals surface area contributed by atoms with Gasteiger partial charge in [-0.15, -0.1) is 11.8 Å². The first-order chi connectivity index (χ1) is 8.70. The maximum atomic E-state index is 11.4. The molecule has 4 heteroatoms. The van der Waals surface area contributed by atoms with Crippen LogP contribution in [0.2, 0.25) is 0 Å². The third-order valence-electron chi connectivity index (χ3n) is 3.27. The average molecular weight is 264 g/mol. The highest BCUT2D eigenvalue weighted by molar-refractivity contribution is 7.99. The first-order valence-corrected chi connectivity index (χ1v) is 7.36. The van der Waals surface area contributed by atoms with Crippen LogP contribution in [0.1, 0.15) is 17.5 Å². The summed E-state index contributed by atoms with van der Waals surface area (Å²) in [5.41, 5.74) is 2.80. The van der Waals surface area contributed by atoms with Crippen molar-refractivity contribution in [1.29, 1.82) is 0 Å². The van der Waals surface area contributed by atoms with Gasteiger partial charge in [0.1, 0.15) is 0 Å². The Bertz CT molecular complexity index is 434. The minimum Gasteiger partial charge on any atom is -0.341 e. The summed E-state index contributed by atoms with van der Waals surface area (Å²) in [5, 5.41) is 2.63. The number of nitrogens with one attached hydrogen (secondary N) is 1. The average Bonchev–Trinajstić information content (AvgIpc) is 2.43. The van der Waals surface area contributed by atoms with E-state index in [0.29, 0.717) is 0 Å². The highest BCUT2D eigenvalue weighted by Gasteiger charge is 2.11. The summed E-state index contributed by atoms with van der Waals surface area (Å²) >= 11 is 1.96. The van der Waals surface area contributed by atoms with E-state index in [-0.39, 0.29) is 6.03 Å². The van der Waals surface area contributed by atoms with Gasteiger partial charge in [0.05, 0.1) is 0 Å². The van der Waals surface area contributed by atoms with E-state index in [4.69, 9.17) is 0 Å². The van der Waals surface area contributed by atoms with Crippen LogP contribution in [0.3, 0.4) is 0 Å². The van der Waals surface area contributed by atoms with Crippen LogP contribution in [0.5, 0.6) is 0 Å². The zero-order valence-electron chi connectivity index (χ0n) is 11.0. The van der Waals surface area contributed by atoms with E-state index in [1.54, 1.807) is 11.9 Å². The second-order valence-corrected chi connectivity index (χ2v) is 5.76. The first kappa shape index (κ1) is 13.3. The van der Waals surface area contributed by atoms with Crippen molar-refractivity contribution < 1.29 is 4.79 Å². The van der Waals surface area contributed by atoms with Gasteiger partial charge in [-0.2, -0.15) is 0 Å². The second kappa shape index (κ2) is 6.14. The fraction of sp³-hybridized carbons (Fsp3) is 0.500. The molecule has 98 valence electrons. The zero-order chi connectivity index (χ0) is 13.0. The van der Waals surface area contributed by atoms with Gasteiger partial charge in [-0.25, -0.2) is 4.79 Å². The fourth-order valence-corrected chi connectivity index (χ4v) is 3.18. The molecule has 1 aliphatic rings. The molecule has 1 aliphatic heterocycles. The molecule has 0 radical (unpaired) electrons. The van der Waals surface area contributed by atoms with Gasteiger partial charge in [-0.3, -0.25) is 0 Å². The third-order valence-corrected chi connectivity index (χ3v) is 4.47. The predicted molar refractivity (Wildman–Crippen MR) is 76.3 cm³/mol. The van der Waals surface area contributed by atoms with Crippen LogP contribution in [0.15, 0.2) is 23.1 Å². The van der Waals surface area contributed by atoms with Gasteiger partial charge in [0.2, 0.25) is 0 Å². The van der Waals surface area contributed by atoms with Gasteiger partial charge in [0.25, 0.3) is 0 Å². The molecule has 2 rings (SSSR count). The number of hydrogen-bond acceptors (Lipinski definition) is 2. The van der Waals surface area contributed by atoms with Crippen molar-refractivity contribution >= 4 is 17.8 Å². The molecule has 1 heterocycles. The van der Waals surface area contributed by atoms with Crippen molar-refractivity contribution in [3.05, 3.63) is 29.3 Å². The van der Waals surface area contributed by atoms with E-state index in [9.17, 15) is 4.79 Å². The predicted octanol–water partition coefficient (Wildman–Crippen LogP) is 2.54. The highest BCUT2D eigenvalue weighted by Crippen LogP contribution is 2.30. The first-order valence-electron chi connectivity index (χ1n) is 6.38. The van der Waals surface area contributed by atoms with Crippen LogP contribution in [0, 0.1) is 0 Å². The number of amides is 2. The van der Waals surface area contributed by atoms with E-state index in [2.05, 4.69) is 23.5 Å². The van der Waals surface area contributed by atoms with E-state index in [1.807, 2.05) is 18.8 Å². The van der Waals surface area contributed by atoms with Gasteiger partial charge in [-0.05, 0) is 42.2 Å². The molecule has 0 spiro atoms. The Hall–Kier alpha value is -1.16. The quantitative estimate of drug-likeness (QED) is 0.910. The number of carbonyl (C=O) groups is 1. The van der Waals surface area contributed by atoms with E-state index < -0.39 is 0 Å². The maximum Gasteiger partial charge on any atom is 0.316 e. The number of hydrogen-bond donors (Lipinski definition) is 1. The molecular formula is C14H20N2OS. The third kappa shape index (κ3) is 3.19. The number of carbonyl (C=O) groups excluding carboxylic acids is 1. The summed E-state index contributed by atoms with van der Waals surface area (Å²) in [5.74, 6) is 1.24. The van der Waals surface area contributed by atoms with Crippen LogP contribution < -0.4 is 5.32 Å². The SMILES string of the molecule is CNC(=O)N(C)CCc1ccc2c(c1)CCCS2. The Morgan fingerprint density at radius 3 is 3.11 bits per heavy atom. The molecule has 0 bridgehead atoms. The summed E-state index contributed by atoms with van der Waals surface area (Å²) in [7, 11) is 3.49. The lowest BCUT2D eigenvalue weighted by Crippen LogP contribution is -2.36. The van der Waals surface area contributed by atoms with E-state index >= 15 is 0 Å². The maximum absolute atomic E-state index is 11.4. The number of nitrogens with zero attached hydrogens (tertiary/aromatic N) is 1. The molecule has 0 aliphatic carbocycles. The summed E-state index contributed by atoms with van der Waals surface area (Å²) in [6, 6.07) is 6.70. The Balaban J connectivity index is 1.96. The van der Waals surface area contributed by atoms with Gasteiger partial charge >= 0.3 is 6.03 Å². The largest absolute Gasteiger partial charge is 0.341 e. The molecule has 0 fully saturated rings. The number of rotatable bonds is 3. The lowest BCUT2D eigenvalue weighted by Gasteiger charge is -2.18. The highest BCUT2D eigenvalue weighted by atomic mass is 32.2. The molecule has 1 aromatic rings. The van der Waals surface area contributed by atoms with Crippen molar-refractivity contribution in [3.63, 3.8) is 0 Å². The molecule has 18 heavy (non-hydrogen) atoms. The molecule has 1 aromatic carbocycles. The number of benzene rings is 1. The number of aryl methyl sites for hydroxylation is 1. The van der Waals surface area contributed by atoms with Crippen molar-refractivity contribution in [1.82, 2.24) is 10.2 Å². The van der Waals surface area contributed by atoms with E-state index in [1.165, 1.54) is 34.6 Å². The lowest BCUT2D eigenvalue weighted by molar-refractivity contribution is 0.211. The van der Waals surface area contributed by atoms with E-state index in [0.717, 1.165) is 13.0 Å². The monoisotopic (exact) mass is 264 g/mol. The van der Waals surface area contributed by atoms with Crippen LogP contribution in [-0.2, 0) is 12.8 Å². The Labute approximate surface area is 113 Å². The van der Waals surface area contributed by atoms with Crippen molar-refractivity contribution in [2.75, 3.05) is 26.4 Å². The summed E-state index contributed by atoms with van der Waals surface area (Å²) in [6.45, 7) is 0.756. The smallest absolute Gasteiger partial charge is 0.316 e. The van der Waals surface area contributed by atoms with Crippen LogP contribution in [0.4, 0.5) is 4.79 Å². The normalized spacial score (nSPS) is 13.9. The van der Waals surface area contributed by atoms with Crippen molar-refractivity contribution in [3.8, 4) is 0 Å². The molecule has 0 saturated carbocycles. The Morgan fingerprint density at radius 1 is 1.50 bits per heavy atom. The summed E-state index contributed by atoms with van der Waals surface area (Å²) in [6.07, 6.45) is 3.39. The molecule has 0 unspecified atom stereocenters. The minimum absolute atomic E-state index is 0.0245. The molecular weight excluding hydrogens is 244 g/mol. The van der Waals surface area contributed by atoms with Crippen LogP contribution >= 0.6 is 11.8 Å². The Morgan fingerprint density at radius 2 is 2.33 bits per heavy atom. The number of thioether (sulfide) groups is 1. The lowest BCUT2D eigenvalue weighted by atomic mass is 10.0. The standard InChI is InChI=1S/C14H20N2OS/c1-15-14(17)16(2)8-7-11-5-6-13-12(10-11)4-3-9-18-13/h5-6,10H,3-4,7-9H2,1-2H3,(H,15,17). The van der Waals surface area contributed by atoms with Crippen LogP contribution in [0.25, 0.3) is 0 Å². The molecule has 3 nitrogen and oxygen atoms in total. The Kier molecular flexibility index (Phi) is 4.53. The zero-order valence-corrected chi connectivity index (χ0v) is 11.8. The number of urea groups is 1. The molecule has 0 saturated heterocycles. The van der Waals surface area contributed by atoms with Crippen LogP contribution in [-0.4, -0.2) is 37.3 Å². The molecule has 2 amide bonds. The minimum atomic E-state index is -0.0245. The number of fused-ring (bicyclic) bond motifs is 1. The molecule has 0 atom stereocenters. The van der Waals surface area contributed by atoms with Gasteiger partial charge < -0.3 is 10.2 Å². The van der Waals surface area contributed by atoms with Gasteiger partial charge in [0, 0.05) is 25.5 Å². The van der Waals surface area contributed by atoms with Gasteiger partial charge in [0.15, 0.2) is 0 Å². The second-order valence-electron chi connectivity index (χ2n) is 4.62. The topological polar surface area (TPSA) is 32.3 Å². The fourth-order valence-electron chi connectivity index (χ4n) is 2.16. The summed E-state index contributed by atoms with van der Waals surface area (Å²) < 4.78 is 0. The molecule has 1 N–H and O–H groups in total. The summed E-state index contributed by atoms with van der Waals surface area (Å²) in [4.78, 5) is 14.5.